The first-order valence-corrected chi connectivity index (χ1v) is 6.71. The van der Waals surface area contributed by atoms with Gasteiger partial charge in [0.05, 0.1) is 19.3 Å². The van der Waals surface area contributed by atoms with Crippen molar-refractivity contribution in [2.24, 2.45) is 5.84 Å². The van der Waals surface area contributed by atoms with E-state index in [9.17, 15) is 4.79 Å². The highest BCUT2D eigenvalue weighted by Crippen LogP contribution is 2.19. The van der Waals surface area contributed by atoms with Gasteiger partial charge in [-0.15, -0.1) is 0 Å². The molecule has 1 aliphatic rings. The number of para-hydroxylation sites is 1. The van der Waals surface area contributed by atoms with E-state index in [0.717, 1.165) is 12.2 Å². The number of benzene rings is 1. The van der Waals surface area contributed by atoms with Crippen LogP contribution in [0.15, 0.2) is 30.3 Å². The van der Waals surface area contributed by atoms with Crippen LogP contribution in [0.5, 0.6) is 5.75 Å². The molecule has 0 radical (unpaired) electrons. The van der Waals surface area contributed by atoms with Gasteiger partial charge in [-0.05, 0) is 25.0 Å². The van der Waals surface area contributed by atoms with E-state index in [1.807, 2.05) is 30.3 Å². The van der Waals surface area contributed by atoms with Crippen LogP contribution in [0, 0.1) is 0 Å². The number of rotatable bonds is 7. The van der Waals surface area contributed by atoms with E-state index in [-0.39, 0.29) is 12.0 Å². The summed E-state index contributed by atoms with van der Waals surface area (Å²) in [6.07, 6.45) is 0.984. The van der Waals surface area contributed by atoms with Gasteiger partial charge in [-0.25, -0.2) is 5.84 Å². The normalized spacial score (nSPS) is 21.6. The first kappa shape index (κ1) is 14.8. The Morgan fingerprint density at radius 3 is 2.85 bits per heavy atom. The third kappa shape index (κ3) is 4.48. The Hall–Kier alpha value is -1.63. The van der Waals surface area contributed by atoms with Gasteiger partial charge in [0.25, 0.3) is 5.91 Å². The summed E-state index contributed by atoms with van der Waals surface area (Å²) < 4.78 is 16.5. The summed E-state index contributed by atoms with van der Waals surface area (Å²) in [5.74, 6) is 5.61. The minimum absolute atomic E-state index is 0.0472. The van der Waals surface area contributed by atoms with E-state index in [2.05, 4.69) is 5.43 Å². The third-order valence-electron chi connectivity index (χ3n) is 3.09. The number of hydrogen-bond donors (Lipinski definition) is 2. The van der Waals surface area contributed by atoms with Gasteiger partial charge in [0.2, 0.25) is 0 Å². The zero-order chi connectivity index (χ0) is 14.2. The summed E-state index contributed by atoms with van der Waals surface area (Å²) in [6, 6.07) is 9.58. The number of carbonyl (C=O) groups excluding carboxylic acids is 1. The van der Waals surface area contributed by atoms with Gasteiger partial charge in [-0.3, -0.25) is 10.2 Å². The van der Waals surface area contributed by atoms with Gasteiger partial charge in [0.15, 0.2) is 0 Å². The predicted octanol–water partition coefficient (Wildman–Crippen LogP) is 0.620. The largest absolute Gasteiger partial charge is 0.491 e. The summed E-state index contributed by atoms with van der Waals surface area (Å²) in [5.41, 5.74) is 2.10. The maximum Gasteiger partial charge on any atom is 0.263 e. The zero-order valence-corrected chi connectivity index (χ0v) is 11.3. The molecule has 20 heavy (non-hydrogen) atoms. The fourth-order valence-electron chi connectivity index (χ4n) is 2.06. The number of nitrogens with two attached hydrogens (primary N) is 1. The van der Waals surface area contributed by atoms with Gasteiger partial charge in [-0.2, -0.15) is 0 Å². The maximum atomic E-state index is 11.3. The summed E-state index contributed by atoms with van der Waals surface area (Å²) >= 11 is 0. The lowest BCUT2D eigenvalue weighted by atomic mass is 10.2. The second-order valence-corrected chi connectivity index (χ2v) is 4.57. The van der Waals surface area contributed by atoms with Crippen molar-refractivity contribution in [3.05, 3.63) is 30.3 Å². The second kappa shape index (κ2) is 7.84. The third-order valence-corrected chi connectivity index (χ3v) is 3.09. The van der Waals surface area contributed by atoms with Crippen LogP contribution in [0.2, 0.25) is 0 Å². The van der Waals surface area contributed by atoms with Crippen molar-refractivity contribution in [1.82, 2.24) is 5.43 Å². The molecule has 2 rings (SSSR count). The fraction of sp³-hybridized carbons (Fsp3) is 0.500. The number of hydrazine groups is 1. The van der Waals surface area contributed by atoms with Crippen LogP contribution in [-0.4, -0.2) is 37.9 Å². The smallest absolute Gasteiger partial charge is 0.263 e. The molecule has 0 saturated carbocycles. The molecule has 2 atom stereocenters. The molecule has 0 aliphatic carbocycles. The molecule has 2 unspecified atom stereocenters. The lowest BCUT2D eigenvalue weighted by molar-refractivity contribution is -0.133. The Balaban J connectivity index is 1.55. The van der Waals surface area contributed by atoms with E-state index in [4.69, 9.17) is 20.1 Å². The van der Waals surface area contributed by atoms with Gasteiger partial charge in [0.1, 0.15) is 18.5 Å². The molecule has 3 N–H and O–H groups in total. The number of nitrogens with one attached hydrogen (secondary N) is 1. The number of ether oxygens (including phenoxy) is 3. The van der Waals surface area contributed by atoms with Crippen LogP contribution in [0.25, 0.3) is 0 Å². The first-order chi connectivity index (χ1) is 9.79. The van der Waals surface area contributed by atoms with Crippen molar-refractivity contribution in [3.63, 3.8) is 0 Å². The van der Waals surface area contributed by atoms with Crippen molar-refractivity contribution in [2.75, 3.05) is 19.8 Å². The summed E-state index contributed by atoms with van der Waals surface area (Å²) in [6.45, 7) is 1.44. The topological polar surface area (TPSA) is 82.8 Å². The van der Waals surface area contributed by atoms with Gasteiger partial charge in [-0.1, -0.05) is 18.2 Å². The molecule has 110 valence electrons. The maximum absolute atomic E-state index is 11.3. The Labute approximate surface area is 118 Å². The first-order valence-electron chi connectivity index (χ1n) is 6.71. The van der Waals surface area contributed by atoms with Crippen LogP contribution in [0.3, 0.4) is 0 Å². The van der Waals surface area contributed by atoms with Crippen LogP contribution < -0.4 is 16.0 Å². The minimum atomic E-state index is -0.450. The standard InChI is InChI=1S/C14H20N2O4/c15-16-14(17)13-7-6-12(20-13)10-18-8-9-19-11-4-2-1-3-5-11/h1-5,12-13H,6-10,15H2,(H,16,17). The van der Waals surface area contributed by atoms with Gasteiger partial charge in [0, 0.05) is 0 Å². The number of carbonyl (C=O) groups is 1. The van der Waals surface area contributed by atoms with Gasteiger partial charge >= 0.3 is 0 Å². The van der Waals surface area contributed by atoms with Crippen molar-refractivity contribution < 1.29 is 19.0 Å². The van der Waals surface area contributed by atoms with E-state index in [1.165, 1.54) is 0 Å². The Bertz CT molecular complexity index is 413. The second-order valence-electron chi connectivity index (χ2n) is 4.57. The molecule has 1 fully saturated rings. The average molecular weight is 280 g/mol. The van der Waals surface area contributed by atoms with E-state index in [1.54, 1.807) is 0 Å². The molecular weight excluding hydrogens is 260 g/mol. The Morgan fingerprint density at radius 1 is 1.30 bits per heavy atom. The van der Waals surface area contributed by atoms with E-state index in [0.29, 0.717) is 26.2 Å². The van der Waals surface area contributed by atoms with Crippen LogP contribution in [0.1, 0.15) is 12.8 Å². The average Bonchev–Trinajstić information content (AvgIpc) is 2.96. The minimum Gasteiger partial charge on any atom is -0.491 e. The molecule has 1 heterocycles. The summed E-state index contributed by atoms with van der Waals surface area (Å²) in [7, 11) is 0. The van der Waals surface area contributed by atoms with Crippen LogP contribution >= 0.6 is 0 Å². The Kier molecular flexibility index (Phi) is 5.79. The quantitative estimate of drug-likeness (QED) is 0.331. The van der Waals surface area contributed by atoms with Crippen molar-refractivity contribution >= 4 is 5.91 Å². The van der Waals surface area contributed by atoms with Crippen molar-refractivity contribution in [3.8, 4) is 5.75 Å². The van der Waals surface area contributed by atoms with Gasteiger partial charge < -0.3 is 14.2 Å². The highest BCUT2D eigenvalue weighted by Gasteiger charge is 2.30. The highest BCUT2D eigenvalue weighted by molar-refractivity contribution is 5.80. The molecule has 0 aromatic heterocycles. The molecule has 6 heteroatoms. The van der Waals surface area contributed by atoms with E-state index >= 15 is 0 Å². The molecule has 6 nitrogen and oxygen atoms in total. The monoisotopic (exact) mass is 280 g/mol. The summed E-state index contributed by atoms with van der Waals surface area (Å²) in [4.78, 5) is 11.3. The molecule has 1 saturated heterocycles. The lowest BCUT2D eigenvalue weighted by Crippen LogP contribution is -2.39. The lowest BCUT2D eigenvalue weighted by Gasteiger charge is -2.13. The SMILES string of the molecule is NNC(=O)C1CCC(COCCOc2ccccc2)O1. The fourth-order valence-corrected chi connectivity index (χ4v) is 2.06. The molecule has 0 spiro atoms. The van der Waals surface area contributed by atoms with Crippen LogP contribution in [-0.2, 0) is 14.3 Å². The highest BCUT2D eigenvalue weighted by atomic mass is 16.6. The molecule has 1 aliphatic heterocycles. The van der Waals surface area contributed by atoms with Crippen molar-refractivity contribution in [1.29, 1.82) is 0 Å². The number of amides is 1. The predicted molar refractivity (Wildman–Crippen MR) is 73.0 cm³/mol. The molecule has 0 bridgehead atoms. The van der Waals surface area contributed by atoms with Crippen molar-refractivity contribution in [2.45, 2.75) is 25.0 Å². The zero-order valence-electron chi connectivity index (χ0n) is 11.3. The molecule has 1 aromatic rings. The molecule has 1 amide bonds. The summed E-state index contributed by atoms with van der Waals surface area (Å²) in [5, 5.41) is 0. The Morgan fingerprint density at radius 2 is 2.10 bits per heavy atom. The van der Waals surface area contributed by atoms with Crippen LogP contribution in [0.4, 0.5) is 0 Å². The molecule has 1 aromatic carbocycles. The van der Waals surface area contributed by atoms with E-state index < -0.39 is 6.10 Å². The molecular formula is C14H20N2O4. The number of hydrogen-bond acceptors (Lipinski definition) is 5.